The SMILES string of the molecule is Cc1cc(F)c(Br)cc1NS(=O)(=O)c1ccc(F)c(N)c1. The lowest BCUT2D eigenvalue weighted by Crippen LogP contribution is -2.14. The molecule has 0 heterocycles. The van der Waals surface area contributed by atoms with E-state index in [1.807, 2.05) is 0 Å². The number of benzene rings is 2. The molecule has 0 aliphatic carbocycles. The molecule has 0 spiro atoms. The van der Waals surface area contributed by atoms with Gasteiger partial charge in [0.25, 0.3) is 10.0 Å². The van der Waals surface area contributed by atoms with Crippen LogP contribution >= 0.6 is 15.9 Å². The van der Waals surface area contributed by atoms with Crippen molar-refractivity contribution >= 4 is 37.3 Å². The molecule has 0 radical (unpaired) electrons. The zero-order chi connectivity index (χ0) is 15.8. The molecule has 2 aromatic carbocycles. The van der Waals surface area contributed by atoms with Crippen LogP contribution in [0.3, 0.4) is 0 Å². The second-order valence-electron chi connectivity index (χ2n) is 4.37. The highest BCUT2D eigenvalue weighted by Crippen LogP contribution is 2.27. The third-order valence-corrected chi connectivity index (χ3v) is 4.76. The van der Waals surface area contributed by atoms with Gasteiger partial charge >= 0.3 is 0 Å². The average Bonchev–Trinajstić information content (AvgIpc) is 2.39. The molecule has 3 N–H and O–H groups in total. The molecule has 0 aliphatic heterocycles. The largest absolute Gasteiger partial charge is 0.396 e. The van der Waals surface area contributed by atoms with Crippen LogP contribution in [-0.2, 0) is 10.0 Å². The molecule has 21 heavy (non-hydrogen) atoms. The predicted octanol–water partition coefficient (Wildman–Crippen LogP) is 3.42. The van der Waals surface area contributed by atoms with Gasteiger partial charge in [-0.15, -0.1) is 0 Å². The highest BCUT2D eigenvalue weighted by molar-refractivity contribution is 9.10. The molecular weight excluding hydrogens is 366 g/mol. The Morgan fingerprint density at radius 2 is 1.81 bits per heavy atom. The number of nitrogens with two attached hydrogens (primary N) is 1. The van der Waals surface area contributed by atoms with Crippen molar-refractivity contribution in [2.75, 3.05) is 10.5 Å². The first-order chi connectivity index (χ1) is 9.70. The van der Waals surface area contributed by atoms with Crippen LogP contribution in [0, 0.1) is 18.6 Å². The topological polar surface area (TPSA) is 72.2 Å². The standard InChI is InChI=1S/C13H11BrF2N2O2S/c1-7-4-11(16)9(14)6-13(7)18-21(19,20)8-2-3-10(15)12(17)5-8/h2-6,18H,17H2,1H3. The minimum atomic E-state index is -3.94. The van der Waals surface area contributed by atoms with Crippen molar-refractivity contribution in [3.8, 4) is 0 Å². The van der Waals surface area contributed by atoms with E-state index >= 15 is 0 Å². The lowest BCUT2D eigenvalue weighted by molar-refractivity contribution is 0.599. The van der Waals surface area contributed by atoms with E-state index in [9.17, 15) is 17.2 Å². The van der Waals surface area contributed by atoms with Gasteiger partial charge in [-0.3, -0.25) is 4.72 Å². The Morgan fingerprint density at radius 1 is 1.14 bits per heavy atom. The maximum absolute atomic E-state index is 13.3. The van der Waals surface area contributed by atoms with E-state index in [0.29, 0.717) is 5.56 Å². The molecule has 0 aliphatic rings. The van der Waals surface area contributed by atoms with Crippen LogP contribution in [-0.4, -0.2) is 8.42 Å². The molecule has 0 atom stereocenters. The number of sulfonamides is 1. The minimum Gasteiger partial charge on any atom is -0.396 e. The van der Waals surface area contributed by atoms with Crippen LogP contribution in [0.1, 0.15) is 5.56 Å². The molecule has 0 bridgehead atoms. The third-order valence-electron chi connectivity index (χ3n) is 2.79. The Bertz CT molecular complexity index is 810. The maximum Gasteiger partial charge on any atom is 0.261 e. The second-order valence-corrected chi connectivity index (χ2v) is 6.91. The van der Waals surface area contributed by atoms with Crippen LogP contribution in [0.2, 0.25) is 0 Å². The smallest absolute Gasteiger partial charge is 0.261 e. The number of nitrogens with one attached hydrogen (secondary N) is 1. The van der Waals surface area contributed by atoms with E-state index in [0.717, 1.165) is 18.2 Å². The highest BCUT2D eigenvalue weighted by atomic mass is 79.9. The van der Waals surface area contributed by atoms with Gasteiger partial charge in [-0.2, -0.15) is 0 Å². The summed E-state index contributed by atoms with van der Waals surface area (Å²) < 4.78 is 53.3. The summed E-state index contributed by atoms with van der Waals surface area (Å²) >= 11 is 2.99. The third kappa shape index (κ3) is 3.33. The van der Waals surface area contributed by atoms with Gasteiger partial charge in [0, 0.05) is 0 Å². The van der Waals surface area contributed by atoms with Gasteiger partial charge < -0.3 is 5.73 Å². The molecule has 0 saturated carbocycles. The van der Waals surface area contributed by atoms with Gasteiger partial charge in [0.15, 0.2) is 0 Å². The number of halogens is 3. The molecule has 0 amide bonds. The first-order valence-corrected chi connectivity index (χ1v) is 8.02. The van der Waals surface area contributed by atoms with Crippen molar-refractivity contribution in [2.45, 2.75) is 11.8 Å². The molecule has 8 heteroatoms. The Balaban J connectivity index is 2.42. The summed E-state index contributed by atoms with van der Waals surface area (Å²) in [5.41, 5.74) is 5.72. The summed E-state index contributed by atoms with van der Waals surface area (Å²) in [6, 6.07) is 5.60. The zero-order valence-corrected chi connectivity index (χ0v) is 13.2. The molecule has 0 unspecified atom stereocenters. The van der Waals surface area contributed by atoms with E-state index in [-0.39, 0.29) is 20.7 Å². The molecule has 112 valence electrons. The van der Waals surface area contributed by atoms with Crippen molar-refractivity contribution in [3.05, 3.63) is 52.0 Å². The van der Waals surface area contributed by atoms with Crippen LogP contribution in [0.15, 0.2) is 39.7 Å². The lowest BCUT2D eigenvalue weighted by Gasteiger charge is -2.12. The van der Waals surface area contributed by atoms with E-state index in [1.165, 1.54) is 12.1 Å². The summed E-state index contributed by atoms with van der Waals surface area (Å²) in [5.74, 6) is -1.20. The van der Waals surface area contributed by atoms with E-state index in [4.69, 9.17) is 5.73 Å². The number of hydrogen-bond acceptors (Lipinski definition) is 3. The fourth-order valence-corrected chi connectivity index (χ4v) is 3.15. The normalized spacial score (nSPS) is 11.4. The van der Waals surface area contributed by atoms with Crippen molar-refractivity contribution in [2.24, 2.45) is 0 Å². The summed E-state index contributed by atoms with van der Waals surface area (Å²) in [6.45, 7) is 1.56. The van der Waals surface area contributed by atoms with Gasteiger partial charge in [0.1, 0.15) is 11.6 Å². The molecule has 4 nitrogen and oxygen atoms in total. The Labute approximate surface area is 129 Å². The number of anilines is 2. The van der Waals surface area contributed by atoms with Gasteiger partial charge in [0.2, 0.25) is 0 Å². The van der Waals surface area contributed by atoms with Crippen molar-refractivity contribution in [1.82, 2.24) is 0 Å². The van der Waals surface area contributed by atoms with Gasteiger partial charge in [-0.25, -0.2) is 17.2 Å². The molecule has 0 aromatic heterocycles. The minimum absolute atomic E-state index is 0.129. The first kappa shape index (κ1) is 15.7. The van der Waals surface area contributed by atoms with Gasteiger partial charge in [-0.1, -0.05) is 0 Å². The fraction of sp³-hybridized carbons (Fsp3) is 0.0769. The van der Waals surface area contributed by atoms with Crippen LogP contribution in [0.5, 0.6) is 0 Å². The summed E-state index contributed by atoms with van der Waals surface area (Å²) in [6.07, 6.45) is 0. The van der Waals surface area contributed by atoms with Crippen molar-refractivity contribution < 1.29 is 17.2 Å². The van der Waals surface area contributed by atoms with E-state index in [2.05, 4.69) is 20.7 Å². The summed E-state index contributed by atoms with van der Waals surface area (Å²) in [7, 11) is -3.94. The van der Waals surface area contributed by atoms with Crippen LogP contribution < -0.4 is 10.5 Å². The quantitative estimate of drug-likeness (QED) is 0.806. The van der Waals surface area contributed by atoms with Crippen molar-refractivity contribution in [3.63, 3.8) is 0 Å². The van der Waals surface area contributed by atoms with Gasteiger partial charge in [-0.05, 0) is 58.7 Å². The number of nitrogen functional groups attached to an aromatic ring is 1. The summed E-state index contributed by atoms with van der Waals surface area (Å²) in [5, 5.41) is 0. The summed E-state index contributed by atoms with van der Waals surface area (Å²) in [4.78, 5) is -0.179. The zero-order valence-electron chi connectivity index (χ0n) is 10.8. The predicted molar refractivity (Wildman–Crippen MR) is 80.5 cm³/mol. The molecule has 0 saturated heterocycles. The Hall–Kier alpha value is -1.67. The van der Waals surface area contributed by atoms with Gasteiger partial charge in [0.05, 0.1) is 20.7 Å². The maximum atomic E-state index is 13.3. The average molecular weight is 377 g/mol. The Morgan fingerprint density at radius 3 is 2.43 bits per heavy atom. The van der Waals surface area contributed by atoms with E-state index in [1.54, 1.807) is 6.92 Å². The fourth-order valence-electron chi connectivity index (χ4n) is 1.65. The number of rotatable bonds is 3. The van der Waals surface area contributed by atoms with Crippen molar-refractivity contribution in [1.29, 1.82) is 0 Å². The molecule has 0 fully saturated rings. The number of aryl methyl sites for hydroxylation is 1. The lowest BCUT2D eigenvalue weighted by atomic mass is 10.2. The first-order valence-electron chi connectivity index (χ1n) is 5.74. The highest BCUT2D eigenvalue weighted by Gasteiger charge is 2.17. The monoisotopic (exact) mass is 376 g/mol. The molecule has 2 aromatic rings. The molecule has 2 rings (SSSR count). The van der Waals surface area contributed by atoms with E-state index < -0.39 is 21.7 Å². The number of hydrogen-bond donors (Lipinski definition) is 2. The second kappa shape index (κ2) is 5.61. The van der Waals surface area contributed by atoms with Crippen LogP contribution in [0.4, 0.5) is 20.2 Å². The Kier molecular flexibility index (Phi) is 4.20. The van der Waals surface area contributed by atoms with Crippen LogP contribution in [0.25, 0.3) is 0 Å². The molecular formula is C13H11BrF2N2O2S.